The number of aromatic nitrogens is 3. The standard InChI is InChI=1S/C14H14N4.H2/c1-9-7-17-14(15-2)18-13(9)11-8-16-12-6-4-3-5-10(11)12;/h3-8,16H,1-2H3,(H,15,17,18);1H. The third-order valence-corrected chi connectivity index (χ3v) is 3.04. The topological polar surface area (TPSA) is 53.6 Å². The van der Waals surface area contributed by atoms with Gasteiger partial charge in [-0.05, 0) is 18.6 Å². The van der Waals surface area contributed by atoms with E-state index in [9.17, 15) is 0 Å². The molecular formula is C14H16N4. The van der Waals surface area contributed by atoms with E-state index in [4.69, 9.17) is 0 Å². The second-order valence-electron chi connectivity index (χ2n) is 4.22. The highest BCUT2D eigenvalue weighted by Gasteiger charge is 2.10. The molecule has 92 valence electrons. The molecule has 0 fully saturated rings. The molecule has 1 aromatic carbocycles. The van der Waals surface area contributed by atoms with Crippen LogP contribution in [0.1, 0.15) is 6.99 Å². The first-order valence-electron chi connectivity index (χ1n) is 5.87. The summed E-state index contributed by atoms with van der Waals surface area (Å²) in [4.78, 5) is 12.0. The van der Waals surface area contributed by atoms with Gasteiger partial charge in [-0.25, -0.2) is 9.97 Å². The smallest absolute Gasteiger partial charge is 0.222 e. The lowest BCUT2D eigenvalue weighted by atomic mass is 10.1. The van der Waals surface area contributed by atoms with E-state index in [0.29, 0.717) is 5.95 Å². The Morgan fingerprint density at radius 2 is 2.11 bits per heavy atom. The predicted octanol–water partition coefficient (Wildman–Crippen LogP) is 3.22. The van der Waals surface area contributed by atoms with Crippen molar-refractivity contribution in [3.05, 3.63) is 42.2 Å². The van der Waals surface area contributed by atoms with Gasteiger partial charge in [0.05, 0.1) is 5.69 Å². The fourth-order valence-corrected chi connectivity index (χ4v) is 2.10. The monoisotopic (exact) mass is 240 g/mol. The van der Waals surface area contributed by atoms with Gasteiger partial charge in [0.1, 0.15) is 0 Å². The van der Waals surface area contributed by atoms with Gasteiger partial charge < -0.3 is 10.3 Å². The molecule has 0 atom stereocenters. The number of hydrogen-bond acceptors (Lipinski definition) is 3. The van der Waals surface area contributed by atoms with Gasteiger partial charge in [-0.3, -0.25) is 0 Å². The molecule has 2 N–H and O–H groups in total. The third-order valence-electron chi connectivity index (χ3n) is 3.04. The molecule has 0 bridgehead atoms. The van der Waals surface area contributed by atoms with E-state index in [1.165, 1.54) is 5.39 Å². The molecule has 4 nitrogen and oxygen atoms in total. The van der Waals surface area contributed by atoms with Crippen LogP contribution in [0, 0.1) is 6.92 Å². The van der Waals surface area contributed by atoms with Crippen molar-refractivity contribution in [1.29, 1.82) is 0 Å². The predicted molar refractivity (Wildman–Crippen MR) is 75.7 cm³/mol. The van der Waals surface area contributed by atoms with Gasteiger partial charge in [-0.15, -0.1) is 0 Å². The Morgan fingerprint density at radius 3 is 2.94 bits per heavy atom. The van der Waals surface area contributed by atoms with Crippen LogP contribution in [-0.4, -0.2) is 22.0 Å². The number of aromatic amines is 1. The van der Waals surface area contributed by atoms with Crippen LogP contribution in [0.5, 0.6) is 0 Å². The molecule has 0 aliphatic carbocycles. The van der Waals surface area contributed by atoms with Crippen molar-refractivity contribution in [3.8, 4) is 11.3 Å². The minimum Gasteiger partial charge on any atom is -0.360 e. The molecular weight excluding hydrogens is 224 g/mol. The lowest BCUT2D eigenvalue weighted by Crippen LogP contribution is -1.98. The lowest BCUT2D eigenvalue weighted by molar-refractivity contribution is 1.12. The molecule has 4 heteroatoms. The highest BCUT2D eigenvalue weighted by atomic mass is 15.1. The van der Waals surface area contributed by atoms with Crippen molar-refractivity contribution in [2.24, 2.45) is 0 Å². The fraction of sp³-hybridized carbons (Fsp3) is 0.143. The summed E-state index contributed by atoms with van der Waals surface area (Å²) in [6, 6.07) is 8.22. The minimum absolute atomic E-state index is 0. The number of anilines is 1. The molecule has 0 aliphatic rings. The highest BCUT2D eigenvalue weighted by molar-refractivity contribution is 5.95. The van der Waals surface area contributed by atoms with Gasteiger partial charge in [-0.2, -0.15) is 0 Å². The summed E-state index contributed by atoms with van der Waals surface area (Å²) in [7, 11) is 1.82. The quantitative estimate of drug-likeness (QED) is 0.723. The van der Waals surface area contributed by atoms with Crippen molar-refractivity contribution in [3.63, 3.8) is 0 Å². The number of nitrogens with one attached hydrogen (secondary N) is 2. The van der Waals surface area contributed by atoms with E-state index in [1.807, 2.05) is 38.5 Å². The second-order valence-corrected chi connectivity index (χ2v) is 4.22. The number of rotatable bonds is 2. The molecule has 3 rings (SSSR count). The van der Waals surface area contributed by atoms with Gasteiger partial charge >= 0.3 is 0 Å². The first-order valence-corrected chi connectivity index (χ1v) is 5.87. The Kier molecular flexibility index (Phi) is 2.48. The lowest BCUT2D eigenvalue weighted by Gasteiger charge is -2.05. The molecule has 0 aliphatic heterocycles. The van der Waals surface area contributed by atoms with Crippen LogP contribution in [0.25, 0.3) is 22.2 Å². The molecule has 0 radical (unpaired) electrons. The zero-order valence-electron chi connectivity index (χ0n) is 10.4. The Morgan fingerprint density at radius 1 is 1.28 bits per heavy atom. The summed E-state index contributed by atoms with van der Waals surface area (Å²) in [6.45, 7) is 2.02. The zero-order chi connectivity index (χ0) is 12.5. The molecule has 18 heavy (non-hydrogen) atoms. The number of H-pyrrole nitrogens is 1. The van der Waals surface area contributed by atoms with Crippen LogP contribution >= 0.6 is 0 Å². The van der Waals surface area contributed by atoms with Crippen molar-refractivity contribution < 1.29 is 1.43 Å². The van der Waals surface area contributed by atoms with Gasteiger partial charge in [0.15, 0.2) is 0 Å². The minimum atomic E-state index is 0. The maximum absolute atomic E-state index is 4.54. The third kappa shape index (κ3) is 1.62. The largest absolute Gasteiger partial charge is 0.360 e. The maximum atomic E-state index is 4.54. The second kappa shape index (κ2) is 4.14. The molecule has 3 aromatic rings. The van der Waals surface area contributed by atoms with Crippen LogP contribution in [-0.2, 0) is 0 Å². The van der Waals surface area contributed by atoms with Gasteiger partial charge in [0.2, 0.25) is 5.95 Å². The van der Waals surface area contributed by atoms with Gasteiger partial charge in [0, 0.05) is 37.3 Å². The average Bonchev–Trinajstić information content (AvgIpc) is 2.83. The molecule has 2 aromatic heterocycles. The van der Waals surface area contributed by atoms with Crippen molar-refractivity contribution in [2.75, 3.05) is 12.4 Å². The number of fused-ring (bicyclic) bond motifs is 1. The summed E-state index contributed by atoms with van der Waals surface area (Å²) in [5.41, 5.74) is 4.27. The summed E-state index contributed by atoms with van der Waals surface area (Å²) in [5, 5.41) is 4.15. The van der Waals surface area contributed by atoms with E-state index in [1.54, 1.807) is 0 Å². The molecule has 0 saturated heterocycles. The summed E-state index contributed by atoms with van der Waals surface area (Å²) in [5.74, 6) is 0.640. The maximum Gasteiger partial charge on any atom is 0.222 e. The van der Waals surface area contributed by atoms with E-state index >= 15 is 0 Å². The average molecular weight is 240 g/mol. The molecule has 2 heterocycles. The summed E-state index contributed by atoms with van der Waals surface area (Å²) < 4.78 is 0. The normalized spacial score (nSPS) is 10.8. The number of nitrogens with zero attached hydrogens (tertiary/aromatic N) is 2. The SMILES string of the molecule is CNc1ncc(C)c(-c2c[nH]c3ccccc23)n1.[HH]. The highest BCUT2D eigenvalue weighted by Crippen LogP contribution is 2.29. The Labute approximate surface area is 107 Å². The van der Waals surface area contributed by atoms with Crippen molar-refractivity contribution in [1.82, 2.24) is 15.0 Å². The van der Waals surface area contributed by atoms with Crippen LogP contribution in [0.3, 0.4) is 0 Å². The molecule has 0 saturated carbocycles. The van der Waals surface area contributed by atoms with Gasteiger partial charge in [-0.1, -0.05) is 18.2 Å². The van der Waals surface area contributed by atoms with Crippen LogP contribution in [0.2, 0.25) is 0 Å². The molecule has 0 unspecified atom stereocenters. The Bertz CT molecular complexity index is 705. The van der Waals surface area contributed by atoms with E-state index < -0.39 is 0 Å². The molecule has 0 spiro atoms. The van der Waals surface area contributed by atoms with E-state index in [0.717, 1.165) is 22.3 Å². The van der Waals surface area contributed by atoms with Crippen molar-refractivity contribution >= 4 is 16.9 Å². The van der Waals surface area contributed by atoms with Crippen molar-refractivity contribution in [2.45, 2.75) is 6.92 Å². The number of aryl methyl sites for hydroxylation is 1. The Hall–Kier alpha value is -2.36. The summed E-state index contributed by atoms with van der Waals surface area (Å²) >= 11 is 0. The van der Waals surface area contributed by atoms with E-state index in [2.05, 4.69) is 32.4 Å². The van der Waals surface area contributed by atoms with E-state index in [-0.39, 0.29) is 1.43 Å². The van der Waals surface area contributed by atoms with Crippen LogP contribution in [0.15, 0.2) is 36.7 Å². The fourth-order valence-electron chi connectivity index (χ4n) is 2.10. The van der Waals surface area contributed by atoms with Crippen LogP contribution in [0.4, 0.5) is 5.95 Å². The zero-order valence-corrected chi connectivity index (χ0v) is 10.4. The molecule has 0 amide bonds. The first-order chi connectivity index (χ1) is 8.79. The summed E-state index contributed by atoms with van der Waals surface area (Å²) in [6.07, 6.45) is 3.84. The number of para-hydroxylation sites is 1. The number of hydrogen-bond donors (Lipinski definition) is 2. The number of benzene rings is 1. The van der Waals surface area contributed by atoms with Crippen LogP contribution < -0.4 is 5.32 Å². The first kappa shape index (κ1) is 10.8. The van der Waals surface area contributed by atoms with Gasteiger partial charge in [0.25, 0.3) is 0 Å². The Balaban J connectivity index is 0.00000133.